The molecule has 0 atom stereocenters. The van der Waals surface area contributed by atoms with Crippen LogP contribution in [0.5, 0.6) is 5.75 Å². The summed E-state index contributed by atoms with van der Waals surface area (Å²) < 4.78 is 12.1. The van der Waals surface area contributed by atoms with Crippen molar-refractivity contribution in [2.45, 2.75) is 38.9 Å². The molecule has 2 aromatic carbocycles. The van der Waals surface area contributed by atoms with Gasteiger partial charge in [-0.05, 0) is 62.1 Å². The Morgan fingerprint density at radius 2 is 1.74 bits per heavy atom. The first-order valence-electron chi connectivity index (χ1n) is 11.3. The summed E-state index contributed by atoms with van der Waals surface area (Å²) in [5.74, 6) is 9.08. The third-order valence-electron chi connectivity index (χ3n) is 5.57. The van der Waals surface area contributed by atoms with Gasteiger partial charge in [0.15, 0.2) is 0 Å². The topological polar surface area (TPSA) is 64.8 Å². The molecule has 35 heavy (non-hydrogen) atoms. The molecule has 2 rings (SSSR count). The summed E-state index contributed by atoms with van der Waals surface area (Å²) in [7, 11) is 3.41. The molecule has 0 aliphatic heterocycles. The Bertz CT molecular complexity index is 1100. The molecule has 0 unspecified atom stereocenters. The van der Waals surface area contributed by atoms with Crippen LogP contribution in [-0.2, 0) is 4.74 Å². The standard InChI is InChI=1S/C25H32BrNO3Si.C3H5N/c1-25(2,3)31(7,8)30-21-13-11-18(12-14-21)23-19(10-9-15-27(4)5)16-20(17-22(23)26)24(28)29-6;1-2-3-4/h11-14,16-17H,15H2,1-8H3;1H,3-4H2. The van der Waals surface area contributed by atoms with Crippen molar-refractivity contribution in [2.75, 3.05) is 34.3 Å². The first-order valence-corrected chi connectivity index (χ1v) is 15.0. The smallest absolute Gasteiger partial charge is 0.337 e. The van der Waals surface area contributed by atoms with E-state index in [4.69, 9.17) is 14.9 Å². The average molecular weight is 558 g/mol. The van der Waals surface area contributed by atoms with Crippen LogP contribution in [0.3, 0.4) is 0 Å². The fraction of sp³-hybridized carbons (Fsp3) is 0.393. The van der Waals surface area contributed by atoms with Crippen LogP contribution >= 0.6 is 15.9 Å². The van der Waals surface area contributed by atoms with Crippen molar-refractivity contribution in [1.82, 2.24) is 4.90 Å². The molecule has 0 bridgehead atoms. The van der Waals surface area contributed by atoms with Gasteiger partial charge in [0.05, 0.1) is 25.8 Å². The van der Waals surface area contributed by atoms with Crippen molar-refractivity contribution < 1.29 is 14.0 Å². The Hall–Kier alpha value is -2.55. The van der Waals surface area contributed by atoms with E-state index in [0.29, 0.717) is 18.7 Å². The quantitative estimate of drug-likeness (QED) is 0.287. The maximum Gasteiger partial charge on any atom is 0.337 e. The summed E-state index contributed by atoms with van der Waals surface area (Å²) in [5.41, 5.74) is 7.97. The molecule has 0 radical (unpaired) electrons. The minimum absolute atomic E-state index is 0.133. The van der Waals surface area contributed by atoms with Crippen LogP contribution in [0.15, 0.2) is 40.9 Å². The van der Waals surface area contributed by atoms with E-state index in [9.17, 15) is 4.79 Å². The van der Waals surface area contributed by atoms with Crippen LogP contribution < -0.4 is 10.2 Å². The number of nitrogens with zero attached hydrogens (tertiary/aromatic N) is 1. The van der Waals surface area contributed by atoms with Crippen LogP contribution in [0.1, 0.15) is 36.7 Å². The molecule has 0 fully saturated rings. The van der Waals surface area contributed by atoms with Crippen LogP contribution in [-0.4, -0.2) is 53.5 Å². The van der Waals surface area contributed by atoms with Gasteiger partial charge in [-0.2, -0.15) is 0 Å². The second kappa shape index (κ2) is 13.5. The minimum Gasteiger partial charge on any atom is -0.544 e. The van der Waals surface area contributed by atoms with Crippen molar-refractivity contribution in [3.63, 3.8) is 0 Å². The minimum atomic E-state index is -1.90. The molecule has 7 heteroatoms. The molecule has 5 nitrogen and oxygen atoms in total. The lowest BCUT2D eigenvalue weighted by Crippen LogP contribution is -2.43. The number of hydrogen-bond acceptors (Lipinski definition) is 5. The molecule has 2 N–H and O–H groups in total. The van der Waals surface area contributed by atoms with Crippen LogP contribution in [0.2, 0.25) is 18.1 Å². The van der Waals surface area contributed by atoms with Gasteiger partial charge in [-0.15, -0.1) is 6.42 Å². The molecular weight excluding hydrogens is 520 g/mol. The van der Waals surface area contributed by atoms with E-state index in [1.807, 2.05) is 43.3 Å². The van der Waals surface area contributed by atoms with Gasteiger partial charge in [0, 0.05) is 15.6 Å². The van der Waals surface area contributed by atoms with Gasteiger partial charge in [0.2, 0.25) is 8.32 Å². The number of carbonyl (C=O) groups is 1. The SMILES string of the molecule is C#CCN.COC(=O)c1cc(Br)c(-c2ccc(O[Si](C)(C)C(C)(C)C)cc2)c(C#CCN(C)C)c1. The number of nitrogens with two attached hydrogens (primary N) is 1. The first kappa shape index (κ1) is 30.5. The Morgan fingerprint density at radius 1 is 1.17 bits per heavy atom. The normalized spacial score (nSPS) is 10.9. The van der Waals surface area contributed by atoms with Crippen molar-refractivity contribution in [1.29, 1.82) is 0 Å². The highest BCUT2D eigenvalue weighted by Crippen LogP contribution is 2.38. The number of carbonyl (C=O) groups excluding carboxylic acids is 1. The van der Waals surface area contributed by atoms with E-state index < -0.39 is 8.32 Å². The molecule has 2 aromatic rings. The number of esters is 1. The fourth-order valence-electron chi connectivity index (χ4n) is 2.66. The summed E-state index contributed by atoms with van der Waals surface area (Å²) in [5, 5.41) is 0.133. The van der Waals surface area contributed by atoms with Crippen molar-refractivity contribution >= 4 is 30.2 Å². The average Bonchev–Trinajstić information content (AvgIpc) is 2.78. The molecule has 0 spiro atoms. The molecule has 0 aromatic heterocycles. The summed E-state index contributed by atoms with van der Waals surface area (Å²) in [4.78, 5) is 14.1. The van der Waals surface area contributed by atoms with Crippen molar-refractivity contribution in [3.05, 3.63) is 52.0 Å². The predicted octanol–water partition coefficient (Wildman–Crippen LogP) is 5.78. The van der Waals surface area contributed by atoms with Gasteiger partial charge < -0.3 is 14.9 Å². The Morgan fingerprint density at radius 3 is 2.20 bits per heavy atom. The molecule has 0 heterocycles. The van der Waals surface area contributed by atoms with Crippen LogP contribution in [0.4, 0.5) is 0 Å². The zero-order chi connectivity index (χ0) is 26.8. The van der Waals surface area contributed by atoms with Gasteiger partial charge in [0.25, 0.3) is 0 Å². The maximum atomic E-state index is 12.1. The molecule has 0 saturated carbocycles. The maximum absolute atomic E-state index is 12.1. The lowest BCUT2D eigenvalue weighted by molar-refractivity contribution is 0.0600. The number of terminal acetylenes is 1. The highest BCUT2D eigenvalue weighted by molar-refractivity contribution is 9.10. The highest BCUT2D eigenvalue weighted by atomic mass is 79.9. The zero-order valence-corrected chi connectivity index (χ0v) is 24.7. The lowest BCUT2D eigenvalue weighted by atomic mass is 9.97. The number of methoxy groups -OCH3 is 1. The largest absolute Gasteiger partial charge is 0.544 e. The summed E-state index contributed by atoms with van der Waals surface area (Å²) in [6.07, 6.45) is 4.65. The molecule has 0 saturated heterocycles. The number of hydrogen-bond donors (Lipinski definition) is 1. The van der Waals surface area contributed by atoms with Gasteiger partial charge >= 0.3 is 5.97 Å². The number of rotatable bonds is 5. The van der Waals surface area contributed by atoms with E-state index in [-0.39, 0.29) is 11.0 Å². The molecule has 0 aliphatic rings. The highest BCUT2D eigenvalue weighted by Gasteiger charge is 2.38. The number of halogens is 1. The van der Waals surface area contributed by atoms with Crippen LogP contribution in [0, 0.1) is 24.2 Å². The second-order valence-electron chi connectivity index (χ2n) is 9.71. The Labute approximate surface area is 220 Å². The third-order valence-corrected chi connectivity index (χ3v) is 10.6. The van der Waals surface area contributed by atoms with Gasteiger partial charge in [-0.25, -0.2) is 4.79 Å². The Kier molecular flexibility index (Phi) is 11.8. The van der Waals surface area contributed by atoms with Gasteiger partial charge in [-0.1, -0.05) is 66.6 Å². The number of ether oxygens (including phenoxy) is 1. The molecular formula is C28H37BrN2O3Si. The summed E-state index contributed by atoms with van der Waals surface area (Å²) >= 11 is 3.64. The first-order chi connectivity index (χ1) is 16.3. The number of benzene rings is 2. The summed E-state index contributed by atoms with van der Waals surface area (Å²) in [6, 6.07) is 11.7. The predicted molar refractivity (Wildman–Crippen MR) is 152 cm³/mol. The monoisotopic (exact) mass is 556 g/mol. The van der Waals surface area contributed by atoms with Gasteiger partial charge in [-0.3, -0.25) is 4.90 Å². The van der Waals surface area contributed by atoms with E-state index in [0.717, 1.165) is 26.9 Å². The molecule has 0 amide bonds. The van der Waals surface area contributed by atoms with E-state index >= 15 is 0 Å². The zero-order valence-electron chi connectivity index (χ0n) is 22.1. The van der Waals surface area contributed by atoms with Crippen molar-refractivity contribution in [3.8, 4) is 41.1 Å². The third kappa shape index (κ3) is 9.20. The van der Waals surface area contributed by atoms with Crippen LogP contribution in [0.25, 0.3) is 11.1 Å². The summed E-state index contributed by atoms with van der Waals surface area (Å²) in [6.45, 7) is 12.1. The lowest BCUT2D eigenvalue weighted by Gasteiger charge is -2.36. The molecule has 188 valence electrons. The molecule has 0 aliphatic carbocycles. The van der Waals surface area contributed by atoms with Gasteiger partial charge in [0.1, 0.15) is 5.75 Å². The van der Waals surface area contributed by atoms with E-state index in [2.05, 4.69) is 74.0 Å². The fourth-order valence-corrected chi connectivity index (χ4v) is 4.39. The van der Waals surface area contributed by atoms with E-state index in [1.165, 1.54) is 7.11 Å². The van der Waals surface area contributed by atoms with Crippen molar-refractivity contribution in [2.24, 2.45) is 5.73 Å². The Balaban J connectivity index is 0.00000142. The van der Waals surface area contributed by atoms with E-state index in [1.54, 1.807) is 12.1 Å². The second-order valence-corrected chi connectivity index (χ2v) is 15.3.